The van der Waals surface area contributed by atoms with Gasteiger partial charge in [0.1, 0.15) is 0 Å². The van der Waals surface area contributed by atoms with Gasteiger partial charge in [-0.05, 0) is 32.1 Å². The van der Waals surface area contributed by atoms with Crippen molar-refractivity contribution in [3.8, 4) is 0 Å². The number of aliphatic hydroxyl groups excluding tert-OH is 2. The number of allylic oxidation sites excluding steroid dienone is 1. The lowest BCUT2D eigenvalue weighted by molar-refractivity contribution is -0.143. The van der Waals surface area contributed by atoms with Crippen molar-refractivity contribution in [3.63, 3.8) is 0 Å². The quantitative estimate of drug-likeness (QED) is 0.0320. The highest BCUT2D eigenvalue weighted by molar-refractivity contribution is 5.76. The molecule has 2 unspecified atom stereocenters. The zero-order chi connectivity index (χ0) is 57.1. The number of unbranched alkanes of at least 4 members (excludes halogenated alkanes) is 58. The summed E-state index contributed by atoms with van der Waals surface area (Å²) < 4.78 is 5.49. The van der Waals surface area contributed by atoms with Gasteiger partial charge in [0.25, 0.3) is 0 Å². The molecule has 0 aliphatic heterocycles. The number of rotatable bonds is 69. The van der Waals surface area contributed by atoms with Crippen molar-refractivity contribution in [3.05, 3.63) is 12.2 Å². The maximum Gasteiger partial charge on any atom is 0.305 e. The Morgan fingerprint density at radius 2 is 0.582 bits per heavy atom. The van der Waals surface area contributed by atoms with Crippen LogP contribution in [-0.2, 0) is 14.3 Å². The molecular weight excluding hydrogens is 971 g/mol. The van der Waals surface area contributed by atoms with Gasteiger partial charge in [0.15, 0.2) is 0 Å². The van der Waals surface area contributed by atoms with Gasteiger partial charge in [-0.25, -0.2) is 0 Å². The van der Waals surface area contributed by atoms with Gasteiger partial charge in [0, 0.05) is 12.8 Å². The first-order valence-electron chi connectivity index (χ1n) is 36.5. The van der Waals surface area contributed by atoms with Crippen LogP contribution < -0.4 is 5.32 Å². The fourth-order valence-electron chi connectivity index (χ4n) is 11.8. The second-order valence-corrected chi connectivity index (χ2v) is 25.3. The summed E-state index contributed by atoms with van der Waals surface area (Å²) in [6.45, 7) is 4.95. The normalized spacial score (nSPS) is 12.5. The molecule has 0 saturated carbocycles. The molecule has 3 N–H and O–H groups in total. The van der Waals surface area contributed by atoms with Crippen LogP contribution in [-0.4, -0.2) is 47.4 Å². The summed E-state index contributed by atoms with van der Waals surface area (Å²) in [5.41, 5.74) is 0. The lowest BCUT2D eigenvalue weighted by Crippen LogP contribution is -2.45. The van der Waals surface area contributed by atoms with Crippen LogP contribution in [0.3, 0.4) is 0 Å². The molecule has 0 aliphatic carbocycles. The minimum atomic E-state index is -0.841. The molecule has 0 aromatic carbocycles. The van der Waals surface area contributed by atoms with E-state index < -0.39 is 12.1 Å². The highest BCUT2D eigenvalue weighted by atomic mass is 16.5. The van der Waals surface area contributed by atoms with Crippen molar-refractivity contribution >= 4 is 11.9 Å². The van der Waals surface area contributed by atoms with Crippen LogP contribution in [0.25, 0.3) is 0 Å². The van der Waals surface area contributed by atoms with E-state index in [1.54, 1.807) is 6.08 Å². The summed E-state index contributed by atoms with van der Waals surface area (Å²) in [6.07, 6.45) is 86.0. The zero-order valence-electron chi connectivity index (χ0n) is 53.9. The zero-order valence-corrected chi connectivity index (χ0v) is 53.9. The largest absolute Gasteiger partial charge is 0.466 e. The Morgan fingerprint density at radius 1 is 0.342 bits per heavy atom. The highest BCUT2D eigenvalue weighted by Crippen LogP contribution is 2.19. The Bertz CT molecular complexity index is 1190. The summed E-state index contributed by atoms with van der Waals surface area (Å²) in [4.78, 5) is 24.5. The molecule has 0 aromatic rings. The Hall–Kier alpha value is -1.40. The molecule has 6 nitrogen and oxygen atoms in total. The van der Waals surface area contributed by atoms with Crippen molar-refractivity contribution < 1.29 is 24.5 Å². The lowest BCUT2D eigenvalue weighted by Gasteiger charge is -2.20. The fourth-order valence-corrected chi connectivity index (χ4v) is 11.8. The van der Waals surface area contributed by atoms with E-state index in [-0.39, 0.29) is 18.5 Å². The van der Waals surface area contributed by atoms with E-state index in [0.29, 0.717) is 19.4 Å². The summed E-state index contributed by atoms with van der Waals surface area (Å²) >= 11 is 0. The van der Waals surface area contributed by atoms with Crippen LogP contribution in [0.4, 0.5) is 0 Å². The van der Waals surface area contributed by atoms with Gasteiger partial charge in [-0.2, -0.15) is 0 Å². The van der Waals surface area contributed by atoms with Crippen LogP contribution in [0, 0.1) is 0 Å². The summed E-state index contributed by atoms with van der Waals surface area (Å²) in [5.74, 6) is -0.0368. The minimum absolute atomic E-state index is 0.0225. The number of ether oxygens (including phenoxy) is 1. The third-order valence-corrected chi connectivity index (χ3v) is 17.3. The summed E-state index contributed by atoms with van der Waals surface area (Å²) in [5, 5.41) is 23.2. The van der Waals surface area contributed by atoms with Gasteiger partial charge in [-0.3, -0.25) is 9.59 Å². The molecule has 79 heavy (non-hydrogen) atoms. The second-order valence-electron chi connectivity index (χ2n) is 25.3. The Labute approximate surface area is 495 Å². The molecule has 0 aromatic heterocycles. The molecular formula is C73H143NO5. The van der Waals surface area contributed by atoms with E-state index in [1.807, 2.05) is 6.08 Å². The monoisotopic (exact) mass is 1110 g/mol. The van der Waals surface area contributed by atoms with Crippen LogP contribution in [0.5, 0.6) is 0 Å². The van der Waals surface area contributed by atoms with Crippen LogP contribution in [0.15, 0.2) is 12.2 Å². The number of carbonyl (C=O) groups excluding carboxylic acids is 2. The molecule has 470 valence electrons. The molecule has 0 heterocycles. The molecule has 6 heteroatoms. The summed E-state index contributed by atoms with van der Waals surface area (Å²) in [7, 11) is 0. The molecule has 0 bridgehead atoms. The number of esters is 1. The molecule has 2 atom stereocenters. The van der Waals surface area contributed by atoms with Crippen LogP contribution >= 0.6 is 0 Å². The van der Waals surface area contributed by atoms with Gasteiger partial charge < -0.3 is 20.3 Å². The third-order valence-electron chi connectivity index (χ3n) is 17.3. The van der Waals surface area contributed by atoms with Crippen LogP contribution in [0.1, 0.15) is 418 Å². The number of amides is 1. The Morgan fingerprint density at radius 3 is 0.861 bits per heavy atom. The molecule has 0 aliphatic rings. The average Bonchev–Trinajstić information content (AvgIpc) is 3.45. The van der Waals surface area contributed by atoms with Gasteiger partial charge in [-0.15, -0.1) is 0 Å². The first-order chi connectivity index (χ1) is 39.0. The topological polar surface area (TPSA) is 95.9 Å². The fraction of sp³-hybridized carbons (Fsp3) is 0.945. The van der Waals surface area contributed by atoms with Gasteiger partial charge in [0.05, 0.1) is 25.4 Å². The Kier molecular flexibility index (Phi) is 67.9. The number of carbonyl (C=O) groups is 2. The second kappa shape index (κ2) is 69.1. The predicted molar refractivity (Wildman–Crippen MR) is 347 cm³/mol. The van der Waals surface area contributed by atoms with Gasteiger partial charge in [-0.1, -0.05) is 386 Å². The van der Waals surface area contributed by atoms with E-state index in [9.17, 15) is 19.8 Å². The summed E-state index contributed by atoms with van der Waals surface area (Å²) in [6, 6.07) is -0.624. The van der Waals surface area contributed by atoms with E-state index in [2.05, 4.69) is 19.2 Å². The van der Waals surface area contributed by atoms with Crippen LogP contribution in [0.2, 0.25) is 0 Å². The molecule has 0 spiro atoms. The van der Waals surface area contributed by atoms with Crippen molar-refractivity contribution in [2.75, 3.05) is 13.2 Å². The molecule has 0 fully saturated rings. The Balaban J connectivity index is 3.34. The number of hydrogen-bond acceptors (Lipinski definition) is 5. The number of aliphatic hydroxyl groups is 2. The van der Waals surface area contributed by atoms with Crippen molar-refractivity contribution in [1.82, 2.24) is 5.32 Å². The number of hydrogen-bond donors (Lipinski definition) is 3. The maximum atomic E-state index is 12.5. The van der Waals surface area contributed by atoms with Crippen molar-refractivity contribution in [1.29, 1.82) is 0 Å². The predicted octanol–water partition coefficient (Wildman–Crippen LogP) is 23.5. The van der Waals surface area contributed by atoms with Crippen molar-refractivity contribution in [2.45, 2.75) is 431 Å². The minimum Gasteiger partial charge on any atom is -0.466 e. The molecule has 0 saturated heterocycles. The molecule has 0 radical (unpaired) electrons. The molecule has 1 amide bonds. The SMILES string of the molecule is CCCCCCCCCCCCCCCCCC/C=C/C(O)C(CO)NC(=O)CCCCCCCCCCCCCCCCCCCCCCCCCCCCCCCCCCOC(=O)CCCCCCCCCCCCCC. The highest BCUT2D eigenvalue weighted by Gasteiger charge is 2.18. The first kappa shape index (κ1) is 77.6. The van der Waals surface area contributed by atoms with Gasteiger partial charge in [0.2, 0.25) is 5.91 Å². The molecule has 0 rings (SSSR count). The smallest absolute Gasteiger partial charge is 0.305 e. The van der Waals surface area contributed by atoms with Crippen molar-refractivity contribution in [2.24, 2.45) is 0 Å². The maximum absolute atomic E-state index is 12.5. The van der Waals surface area contributed by atoms with E-state index in [1.165, 1.54) is 353 Å². The van der Waals surface area contributed by atoms with E-state index >= 15 is 0 Å². The third kappa shape index (κ3) is 65.6. The first-order valence-corrected chi connectivity index (χ1v) is 36.5. The average molecular weight is 1110 g/mol. The lowest BCUT2D eigenvalue weighted by atomic mass is 10.0. The van der Waals surface area contributed by atoms with E-state index in [4.69, 9.17) is 4.74 Å². The number of nitrogens with one attached hydrogen (secondary N) is 1. The van der Waals surface area contributed by atoms with Gasteiger partial charge >= 0.3 is 5.97 Å². The van der Waals surface area contributed by atoms with E-state index in [0.717, 1.165) is 38.5 Å². The standard InChI is InChI=1S/C73H143NO5/c1-3-5-7-9-11-13-15-17-18-19-36-39-42-45-49-53-57-61-65-71(76)70(69-75)74-72(77)66-62-58-54-50-46-43-40-37-34-32-30-28-26-24-22-20-21-23-25-27-29-31-33-35-38-41-44-48-52-56-60-64-68-79-73(78)67-63-59-55-51-47-16-14-12-10-8-6-4-2/h61,65,70-71,75-76H,3-60,62-64,66-69H2,1-2H3,(H,74,77)/b65-61+.